The van der Waals surface area contributed by atoms with Crippen LogP contribution in [0.3, 0.4) is 0 Å². The Labute approximate surface area is 129 Å². The molecule has 0 aromatic carbocycles. The third kappa shape index (κ3) is 4.93. The van der Waals surface area contributed by atoms with Crippen LogP contribution in [0.4, 0.5) is 4.79 Å². The molecule has 0 radical (unpaired) electrons. The first-order valence-corrected chi connectivity index (χ1v) is 8.07. The zero-order valence-electron chi connectivity index (χ0n) is 12.2. The lowest BCUT2D eigenvalue weighted by Crippen LogP contribution is -2.48. The Morgan fingerprint density at radius 2 is 2.33 bits per heavy atom. The average molecular weight is 310 g/mol. The standard InChI is InChI=1S/C14H22N4O2S/c1-2-20-14(19)18-7-5-11(6-8-18)17-13(15)16-10-12-4-3-9-21-12/h3-4,9,11H,2,5-8,10H2,1H3,(H3,15,16,17). The number of aliphatic imine (C=N–C) groups is 1. The van der Waals surface area contributed by atoms with Crippen LogP contribution in [0.25, 0.3) is 0 Å². The van der Waals surface area contributed by atoms with Gasteiger partial charge in [0.1, 0.15) is 0 Å². The Morgan fingerprint density at radius 1 is 1.57 bits per heavy atom. The molecule has 0 spiro atoms. The number of likely N-dealkylation sites (tertiary alicyclic amines) is 1. The first-order chi connectivity index (χ1) is 10.2. The van der Waals surface area contributed by atoms with Crippen LogP contribution in [0.5, 0.6) is 0 Å². The maximum Gasteiger partial charge on any atom is 0.409 e. The summed E-state index contributed by atoms with van der Waals surface area (Å²) in [5, 5.41) is 5.25. The van der Waals surface area contributed by atoms with Crippen molar-refractivity contribution in [2.75, 3.05) is 19.7 Å². The Kier molecular flexibility index (Phi) is 5.86. The molecule has 0 unspecified atom stereocenters. The normalized spacial score (nSPS) is 16.8. The van der Waals surface area contributed by atoms with Crippen LogP contribution in [0, 0.1) is 0 Å². The van der Waals surface area contributed by atoms with Gasteiger partial charge in [0.25, 0.3) is 0 Å². The lowest BCUT2D eigenvalue weighted by molar-refractivity contribution is 0.0963. The van der Waals surface area contributed by atoms with E-state index in [0.29, 0.717) is 32.2 Å². The molecule has 1 saturated heterocycles. The molecular formula is C14H22N4O2S. The van der Waals surface area contributed by atoms with Crippen molar-refractivity contribution in [3.05, 3.63) is 22.4 Å². The van der Waals surface area contributed by atoms with Crippen molar-refractivity contribution in [2.24, 2.45) is 10.7 Å². The molecule has 0 aliphatic carbocycles. The highest BCUT2D eigenvalue weighted by Gasteiger charge is 2.23. The number of nitrogens with two attached hydrogens (primary N) is 1. The van der Waals surface area contributed by atoms with Gasteiger partial charge in [-0.2, -0.15) is 0 Å². The monoisotopic (exact) mass is 310 g/mol. The van der Waals surface area contributed by atoms with E-state index in [1.54, 1.807) is 16.2 Å². The van der Waals surface area contributed by atoms with Crippen LogP contribution in [0.15, 0.2) is 22.5 Å². The molecule has 2 heterocycles. The summed E-state index contributed by atoms with van der Waals surface area (Å²) in [6.07, 6.45) is 1.48. The minimum absolute atomic E-state index is 0.227. The van der Waals surface area contributed by atoms with Gasteiger partial charge in [-0.25, -0.2) is 9.79 Å². The van der Waals surface area contributed by atoms with Crippen molar-refractivity contribution in [1.82, 2.24) is 10.2 Å². The number of guanidine groups is 1. The number of nitrogens with zero attached hydrogens (tertiary/aromatic N) is 2. The zero-order chi connectivity index (χ0) is 15.1. The maximum absolute atomic E-state index is 11.6. The second-order valence-electron chi connectivity index (χ2n) is 4.89. The first-order valence-electron chi connectivity index (χ1n) is 7.19. The molecule has 2 rings (SSSR count). The SMILES string of the molecule is CCOC(=O)N1CCC(NC(N)=NCc2cccs2)CC1. The van der Waals surface area contributed by atoms with Gasteiger partial charge in [0, 0.05) is 24.0 Å². The number of hydrogen-bond donors (Lipinski definition) is 2. The van der Waals surface area contributed by atoms with Crippen molar-refractivity contribution in [3.63, 3.8) is 0 Å². The highest BCUT2D eigenvalue weighted by Crippen LogP contribution is 2.12. The second kappa shape index (κ2) is 7.87. The van der Waals surface area contributed by atoms with E-state index in [2.05, 4.69) is 10.3 Å². The number of piperidine rings is 1. The smallest absolute Gasteiger partial charge is 0.409 e. The largest absolute Gasteiger partial charge is 0.450 e. The summed E-state index contributed by atoms with van der Waals surface area (Å²) in [5.41, 5.74) is 5.90. The first kappa shape index (κ1) is 15.6. The van der Waals surface area contributed by atoms with E-state index >= 15 is 0 Å². The molecule has 0 atom stereocenters. The summed E-state index contributed by atoms with van der Waals surface area (Å²) in [7, 11) is 0. The molecular weight excluding hydrogens is 288 g/mol. The van der Waals surface area contributed by atoms with E-state index in [9.17, 15) is 4.79 Å². The van der Waals surface area contributed by atoms with E-state index in [0.717, 1.165) is 12.8 Å². The molecule has 1 fully saturated rings. The molecule has 3 N–H and O–H groups in total. The quantitative estimate of drug-likeness (QED) is 0.656. The predicted octanol–water partition coefficient (Wildman–Crippen LogP) is 1.77. The van der Waals surface area contributed by atoms with E-state index < -0.39 is 0 Å². The van der Waals surface area contributed by atoms with Gasteiger partial charge in [-0.1, -0.05) is 6.07 Å². The van der Waals surface area contributed by atoms with Gasteiger partial charge in [-0.05, 0) is 31.2 Å². The van der Waals surface area contributed by atoms with Gasteiger partial charge >= 0.3 is 6.09 Å². The lowest BCUT2D eigenvalue weighted by Gasteiger charge is -2.31. The highest BCUT2D eigenvalue weighted by molar-refractivity contribution is 7.09. The number of carbonyl (C=O) groups is 1. The zero-order valence-corrected chi connectivity index (χ0v) is 13.1. The molecule has 116 valence electrons. The van der Waals surface area contributed by atoms with Crippen molar-refractivity contribution in [2.45, 2.75) is 32.4 Å². The summed E-state index contributed by atoms with van der Waals surface area (Å²) < 4.78 is 5.00. The molecule has 1 aromatic heterocycles. The van der Waals surface area contributed by atoms with Crippen molar-refractivity contribution in [3.8, 4) is 0 Å². The number of ether oxygens (including phenoxy) is 1. The van der Waals surface area contributed by atoms with Crippen LogP contribution < -0.4 is 11.1 Å². The number of rotatable bonds is 4. The van der Waals surface area contributed by atoms with E-state index in [4.69, 9.17) is 10.5 Å². The Morgan fingerprint density at radius 3 is 2.95 bits per heavy atom. The van der Waals surface area contributed by atoms with Gasteiger partial charge in [0.05, 0.1) is 13.2 Å². The minimum atomic E-state index is -0.227. The Bertz CT molecular complexity index is 467. The van der Waals surface area contributed by atoms with Crippen molar-refractivity contribution in [1.29, 1.82) is 0 Å². The van der Waals surface area contributed by atoms with Crippen LogP contribution in [0.2, 0.25) is 0 Å². The summed E-state index contributed by atoms with van der Waals surface area (Å²) in [6.45, 7) is 4.22. The molecule has 6 nitrogen and oxygen atoms in total. The third-order valence-corrected chi connectivity index (χ3v) is 4.22. The average Bonchev–Trinajstić information content (AvgIpc) is 2.99. The highest BCUT2D eigenvalue weighted by atomic mass is 32.1. The Hall–Kier alpha value is -1.76. The molecule has 21 heavy (non-hydrogen) atoms. The van der Waals surface area contributed by atoms with Crippen molar-refractivity contribution < 1.29 is 9.53 Å². The van der Waals surface area contributed by atoms with Crippen LogP contribution in [0.1, 0.15) is 24.6 Å². The number of nitrogens with one attached hydrogen (secondary N) is 1. The van der Waals surface area contributed by atoms with Crippen LogP contribution >= 0.6 is 11.3 Å². The molecule has 1 aliphatic rings. The predicted molar refractivity (Wildman–Crippen MR) is 84.4 cm³/mol. The second-order valence-corrected chi connectivity index (χ2v) is 5.92. The molecule has 0 saturated carbocycles. The summed E-state index contributed by atoms with van der Waals surface area (Å²) in [5.74, 6) is 0.470. The fraction of sp³-hybridized carbons (Fsp3) is 0.571. The van der Waals surface area contributed by atoms with E-state index in [-0.39, 0.29) is 12.1 Å². The van der Waals surface area contributed by atoms with Gasteiger partial charge in [0.15, 0.2) is 5.96 Å². The van der Waals surface area contributed by atoms with Gasteiger partial charge in [-0.3, -0.25) is 0 Å². The molecule has 1 aromatic rings. The van der Waals surface area contributed by atoms with E-state index in [1.165, 1.54) is 4.88 Å². The molecule has 0 bridgehead atoms. The van der Waals surface area contributed by atoms with Crippen molar-refractivity contribution >= 4 is 23.4 Å². The minimum Gasteiger partial charge on any atom is -0.450 e. The van der Waals surface area contributed by atoms with E-state index in [1.807, 2.05) is 24.4 Å². The van der Waals surface area contributed by atoms with Crippen LogP contribution in [-0.2, 0) is 11.3 Å². The Balaban J connectivity index is 1.72. The number of carbonyl (C=O) groups excluding carboxylic acids is 1. The fourth-order valence-corrected chi connectivity index (χ4v) is 2.87. The lowest BCUT2D eigenvalue weighted by atomic mass is 10.1. The topological polar surface area (TPSA) is 80.0 Å². The number of hydrogen-bond acceptors (Lipinski definition) is 4. The third-order valence-electron chi connectivity index (χ3n) is 3.36. The molecule has 1 amide bonds. The van der Waals surface area contributed by atoms with Crippen LogP contribution in [-0.4, -0.2) is 42.7 Å². The maximum atomic E-state index is 11.6. The molecule has 7 heteroatoms. The summed E-state index contributed by atoms with van der Waals surface area (Å²) in [6, 6.07) is 4.31. The summed E-state index contributed by atoms with van der Waals surface area (Å²) >= 11 is 1.67. The van der Waals surface area contributed by atoms with Gasteiger partial charge < -0.3 is 20.7 Å². The number of thiophene rings is 1. The molecule has 1 aliphatic heterocycles. The summed E-state index contributed by atoms with van der Waals surface area (Å²) in [4.78, 5) is 18.9. The van der Waals surface area contributed by atoms with Gasteiger partial charge in [-0.15, -0.1) is 11.3 Å². The number of amides is 1. The van der Waals surface area contributed by atoms with Gasteiger partial charge in [0.2, 0.25) is 0 Å². The fourth-order valence-electron chi connectivity index (χ4n) is 2.24.